The van der Waals surface area contributed by atoms with E-state index in [9.17, 15) is 0 Å². The Hall–Kier alpha value is -1.69. The third-order valence-corrected chi connectivity index (χ3v) is 4.47. The molecule has 2 heterocycles. The lowest BCUT2D eigenvalue weighted by atomic mass is 9.80. The van der Waals surface area contributed by atoms with Crippen LogP contribution in [0.25, 0.3) is 11.6 Å². The van der Waals surface area contributed by atoms with Crippen LogP contribution in [0.15, 0.2) is 17.0 Å². The topological polar surface area (TPSA) is 82.8 Å². The van der Waals surface area contributed by atoms with Crippen molar-refractivity contribution in [2.45, 2.75) is 51.5 Å². The lowest BCUT2D eigenvalue weighted by Crippen LogP contribution is -2.13. The summed E-state index contributed by atoms with van der Waals surface area (Å²) in [5, 5.41) is 4.16. The fourth-order valence-corrected chi connectivity index (χ4v) is 3.08. The van der Waals surface area contributed by atoms with Gasteiger partial charge in [-0.1, -0.05) is 18.5 Å². The first-order chi connectivity index (χ1) is 10.3. The minimum atomic E-state index is 0.441. The van der Waals surface area contributed by atoms with Crippen LogP contribution in [0.3, 0.4) is 0 Å². The highest BCUT2D eigenvalue weighted by Gasteiger charge is 2.25. The van der Waals surface area contributed by atoms with Gasteiger partial charge in [0.1, 0.15) is 5.69 Å². The van der Waals surface area contributed by atoms with Crippen molar-refractivity contribution in [3.05, 3.63) is 18.3 Å². The van der Waals surface area contributed by atoms with Crippen molar-refractivity contribution in [2.24, 2.45) is 11.7 Å². The Morgan fingerprint density at radius 3 is 2.86 bits per heavy atom. The Morgan fingerprint density at radius 1 is 1.33 bits per heavy atom. The molecule has 0 aliphatic heterocycles. The molecule has 0 bridgehead atoms. The summed E-state index contributed by atoms with van der Waals surface area (Å²) in [6.07, 6.45) is 9.81. The molecule has 2 aromatic heterocycles. The van der Waals surface area contributed by atoms with Gasteiger partial charge >= 0.3 is 0 Å². The van der Waals surface area contributed by atoms with Gasteiger partial charge < -0.3 is 14.8 Å². The molecule has 0 saturated heterocycles. The van der Waals surface area contributed by atoms with Crippen LogP contribution in [0.1, 0.15) is 50.8 Å². The molecule has 1 fully saturated rings. The Balaban J connectivity index is 1.68. The normalized spacial score (nSPS) is 22.6. The summed E-state index contributed by atoms with van der Waals surface area (Å²) in [5.41, 5.74) is 6.26. The van der Waals surface area contributed by atoms with E-state index in [1.165, 1.54) is 32.1 Å². The molecule has 1 aliphatic rings. The second-order valence-corrected chi connectivity index (χ2v) is 5.87. The second kappa shape index (κ2) is 6.39. The molecule has 0 amide bonds. The molecule has 3 rings (SSSR count). The van der Waals surface area contributed by atoms with Crippen LogP contribution in [0, 0.1) is 5.92 Å². The summed E-state index contributed by atoms with van der Waals surface area (Å²) >= 11 is 0. The third kappa shape index (κ3) is 3.15. The third-order valence-electron chi connectivity index (χ3n) is 4.47. The maximum Gasteiger partial charge on any atom is 0.278 e. The molecule has 0 atom stereocenters. The van der Waals surface area contributed by atoms with Crippen molar-refractivity contribution < 1.29 is 4.52 Å². The van der Waals surface area contributed by atoms with Crippen molar-refractivity contribution in [3.63, 3.8) is 0 Å². The number of imidazole rings is 1. The van der Waals surface area contributed by atoms with E-state index in [0.717, 1.165) is 24.0 Å². The van der Waals surface area contributed by atoms with E-state index in [2.05, 4.69) is 22.0 Å². The Labute approximate surface area is 124 Å². The molecule has 2 N–H and O–H groups in total. The molecule has 2 aromatic rings. The predicted octanol–water partition coefficient (Wildman–Crippen LogP) is 2.58. The van der Waals surface area contributed by atoms with E-state index in [0.29, 0.717) is 18.4 Å². The van der Waals surface area contributed by atoms with Crippen molar-refractivity contribution in [1.82, 2.24) is 19.7 Å². The monoisotopic (exact) mass is 289 g/mol. The van der Waals surface area contributed by atoms with Gasteiger partial charge in [-0.15, -0.1) is 0 Å². The van der Waals surface area contributed by atoms with Gasteiger partial charge in [-0.2, -0.15) is 4.98 Å². The lowest BCUT2D eigenvalue weighted by Gasteiger charge is -2.25. The van der Waals surface area contributed by atoms with Crippen molar-refractivity contribution in [2.75, 3.05) is 6.54 Å². The quantitative estimate of drug-likeness (QED) is 0.914. The van der Waals surface area contributed by atoms with Crippen LogP contribution >= 0.6 is 0 Å². The molecule has 114 valence electrons. The van der Waals surface area contributed by atoms with Crippen molar-refractivity contribution >= 4 is 0 Å². The minimum absolute atomic E-state index is 0.441. The molecule has 0 unspecified atom stereocenters. The Bertz CT molecular complexity index is 568. The van der Waals surface area contributed by atoms with Crippen LogP contribution < -0.4 is 5.73 Å². The largest absolute Gasteiger partial charge is 0.335 e. The number of nitrogens with two attached hydrogens (primary N) is 1. The van der Waals surface area contributed by atoms with Gasteiger partial charge in [-0.3, -0.25) is 0 Å². The summed E-state index contributed by atoms with van der Waals surface area (Å²) in [6.45, 7) is 3.61. The Morgan fingerprint density at radius 2 is 2.14 bits per heavy atom. The number of rotatable bonds is 5. The van der Waals surface area contributed by atoms with E-state index in [1.807, 2.05) is 10.8 Å². The molecule has 0 aromatic carbocycles. The molecule has 1 saturated carbocycles. The molecule has 6 nitrogen and oxygen atoms in total. The number of hydrogen-bond donors (Lipinski definition) is 1. The number of aromatic nitrogens is 4. The van der Waals surface area contributed by atoms with Gasteiger partial charge in [0.05, 0.1) is 6.33 Å². The summed E-state index contributed by atoms with van der Waals surface area (Å²) in [7, 11) is 0. The van der Waals surface area contributed by atoms with Gasteiger partial charge in [-0.05, 0) is 31.6 Å². The van der Waals surface area contributed by atoms with Gasteiger partial charge in [0.15, 0.2) is 5.82 Å². The highest BCUT2D eigenvalue weighted by atomic mass is 16.5. The average Bonchev–Trinajstić information content (AvgIpc) is 3.16. The highest BCUT2D eigenvalue weighted by molar-refractivity contribution is 5.44. The SMILES string of the molecule is CCC1CCC(c2noc(-c3cn(CCN)cn3)n2)CC1. The standard InChI is InChI=1S/C15H23N5O/c1-2-11-3-5-12(6-4-11)14-18-15(21-19-14)13-9-20(8-7-16)10-17-13/h9-12H,2-8,16H2,1H3. The average molecular weight is 289 g/mol. The molecule has 1 aliphatic carbocycles. The first-order valence-corrected chi connectivity index (χ1v) is 7.86. The summed E-state index contributed by atoms with van der Waals surface area (Å²) in [4.78, 5) is 8.84. The van der Waals surface area contributed by atoms with Crippen molar-refractivity contribution in [1.29, 1.82) is 0 Å². The molecule has 0 radical (unpaired) electrons. The van der Waals surface area contributed by atoms with Crippen LogP contribution in [0.2, 0.25) is 0 Å². The van der Waals surface area contributed by atoms with Crippen LogP contribution in [0.4, 0.5) is 0 Å². The molecular weight excluding hydrogens is 266 g/mol. The van der Waals surface area contributed by atoms with E-state index in [4.69, 9.17) is 10.3 Å². The maximum atomic E-state index is 5.53. The van der Waals surface area contributed by atoms with Gasteiger partial charge in [0, 0.05) is 25.2 Å². The van der Waals surface area contributed by atoms with E-state index in [-0.39, 0.29) is 0 Å². The zero-order valence-electron chi connectivity index (χ0n) is 12.5. The number of hydrogen-bond acceptors (Lipinski definition) is 5. The van der Waals surface area contributed by atoms with Gasteiger partial charge in [-0.25, -0.2) is 4.98 Å². The first kappa shape index (κ1) is 14.3. The fraction of sp³-hybridized carbons (Fsp3) is 0.667. The van der Waals surface area contributed by atoms with E-state index in [1.54, 1.807) is 6.33 Å². The Kier molecular flexibility index (Phi) is 4.34. The summed E-state index contributed by atoms with van der Waals surface area (Å²) in [6, 6.07) is 0. The maximum absolute atomic E-state index is 5.53. The van der Waals surface area contributed by atoms with Crippen LogP contribution in [0.5, 0.6) is 0 Å². The summed E-state index contributed by atoms with van der Waals surface area (Å²) < 4.78 is 7.32. The van der Waals surface area contributed by atoms with E-state index < -0.39 is 0 Å². The zero-order valence-corrected chi connectivity index (χ0v) is 12.5. The van der Waals surface area contributed by atoms with Crippen LogP contribution in [-0.4, -0.2) is 26.2 Å². The number of nitrogens with zero attached hydrogens (tertiary/aromatic N) is 4. The first-order valence-electron chi connectivity index (χ1n) is 7.86. The molecule has 21 heavy (non-hydrogen) atoms. The van der Waals surface area contributed by atoms with Gasteiger partial charge in [0.2, 0.25) is 0 Å². The van der Waals surface area contributed by atoms with E-state index >= 15 is 0 Å². The lowest BCUT2D eigenvalue weighted by molar-refractivity contribution is 0.305. The smallest absolute Gasteiger partial charge is 0.278 e. The summed E-state index contributed by atoms with van der Waals surface area (Å²) in [5.74, 6) is 2.67. The molecular formula is C15H23N5O. The highest BCUT2D eigenvalue weighted by Crippen LogP contribution is 2.36. The predicted molar refractivity (Wildman–Crippen MR) is 79.6 cm³/mol. The minimum Gasteiger partial charge on any atom is -0.335 e. The van der Waals surface area contributed by atoms with Crippen LogP contribution in [-0.2, 0) is 6.54 Å². The molecule has 0 spiro atoms. The zero-order chi connectivity index (χ0) is 14.7. The fourth-order valence-electron chi connectivity index (χ4n) is 3.08. The van der Waals surface area contributed by atoms with Gasteiger partial charge in [0.25, 0.3) is 5.89 Å². The second-order valence-electron chi connectivity index (χ2n) is 5.87. The van der Waals surface area contributed by atoms with Crippen molar-refractivity contribution in [3.8, 4) is 11.6 Å². The molecule has 6 heteroatoms.